The molecule has 0 aliphatic heterocycles. The Morgan fingerprint density at radius 1 is 0.421 bits per heavy atom. The maximum Gasteiger partial charge on any atom is 0.154 e. The van der Waals surface area contributed by atoms with E-state index >= 15 is 0 Å². The van der Waals surface area contributed by atoms with Crippen molar-refractivity contribution in [2.45, 2.75) is 12.1 Å². The van der Waals surface area contributed by atoms with Crippen LogP contribution in [0.15, 0.2) is 200 Å². The first kappa shape index (κ1) is 34.9. The van der Waals surface area contributed by atoms with Crippen LogP contribution >= 0.6 is 0 Å². The zero-order valence-electron chi connectivity index (χ0n) is 31.5. The van der Waals surface area contributed by atoms with Crippen LogP contribution in [0, 0.1) is 0 Å². The van der Waals surface area contributed by atoms with Crippen molar-refractivity contribution in [2.24, 2.45) is 11.5 Å². The summed E-state index contributed by atoms with van der Waals surface area (Å²) >= 11 is 0. The SMILES string of the molecule is NCNC(c1ccc([Si](c2ccccc2)c2ccccc2)cc1)[C@@H](N)c1ccc(-n2c3ccccc3c3cc(-n4c5ccccc5c5ccccc54)ccc32)cc1. The lowest BCUT2D eigenvalue weighted by molar-refractivity contribution is 0.460. The van der Waals surface area contributed by atoms with E-state index in [0.717, 1.165) is 28.0 Å². The highest BCUT2D eigenvalue weighted by Crippen LogP contribution is 2.37. The monoisotopic (exact) mass is 752 g/mol. The van der Waals surface area contributed by atoms with Gasteiger partial charge in [-0.05, 0) is 59.7 Å². The molecule has 0 aliphatic rings. The number of hydrogen-bond acceptors (Lipinski definition) is 3. The van der Waals surface area contributed by atoms with Crippen LogP contribution < -0.4 is 32.3 Å². The maximum atomic E-state index is 7.11. The second-order valence-electron chi connectivity index (χ2n) is 14.7. The van der Waals surface area contributed by atoms with Gasteiger partial charge in [0.05, 0.1) is 28.1 Å². The standard InChI is InChI=1S/C51H42N5Si/c52-34-54-51(36-25-30-41(31-26-36)57(39-13-3-1-4-14-39)40-15-5-2-6-16-40)50(53)35-23-27-37(28-24-35)55-48-22-12-9-19-44(48)45-33-38(29-32-49(45)55)56-46-20-10-7-17-42(46)43-18-8-11-21-47(43)56/h1-33,50-51,54H,34,52-53H2/t50-,51?/m0/s1. The molecule has 0 aliphatic carbocycles. The van der Waals surface area contributed by atoms with E-state index in [1.54, 1.807) is 0 Å². The van der Waals surface area contributed by atoms with Gasteiger partial charge in [-0.1, -0.05) is 167 Å². The van der Waals surface area contributed by atoms with Gasteiger partial charge in [-0.3, -0.25) is 5.32 Å². The molecular formula is C51H42N5Si. The van der Waals surface area contributed by atoms with Crippen LogP contribution in [-0.4, -0.2) is 24.6 Å². The molecular weight excluding hydrogens is 711 g/mol. The molecule has 0 spiro atoms. The first-order chi connectivity index (χ1) is 28.2. The van der Waals surface area contributed by atoms with E-state index in [0.29, 0.717) is 6.67 Å². The van der Waals surface area contributed by atoms with Crippen LogP contribution in [0.25, 0.3) is 55.0 Å². The van der Waals surface area contributed by atoms with Gasteiger partial charge in [0.2, 0.25) is 0 Å². The quantitative estimate of drug-likeness (QED) is 0.0745. The highest BCUT2D eigenvalue weighted by molar-refractivity contribution is 6.95. The van der Waals surface area contributed by atoms with Crippen molar-refractivity contribution in [1.29, 1.82) is 0 Å². The molecule has 5 N–H and O–H groups in total. The molecule has 2 atom stereocenters. The Morgan fingerprint density at radius 2 is 0.842 bits per heavy atom. The largest absolute Gasteiger partial charge is 0.322 e. The molecule has 0 fully saturated rings. The maximum absolute atomic E-state index is 7.11. The third-order valence-electron chi connectivity index (χ3n) is 11.4. The Morgan fingerprint density at radius 3 is 1.39 bits per heavy atom. The third-order valence-corrected chi connectivity index (χ3v) is 14.1. The van der Waals surface area contributed by atoms with E-state index in [4.69, 9.17) is 11.5 Å². The Kier molecular flexibility index (Phi) is 9.09. The zero-order chi connectivity index (χ0) is 38.3. The predicted octanol–water partition coefficient (Wildman–Crippen LogP) is 8.64. The number of nitrogens with one attached hydrogen (secondary N) is 1. The lowest BCUT2D eigenvalue weighted by Gasteiger charge is -2.26. The molecule has 2 heterocycles. The molecule has 0 saturated heterocycles. The van der Waals surface area contributed by atoms with Crippen molar-refractivity contribution >= 4 is 68.0 Å². The van der Waals surface area contributed by atoms with E-state index in [-0.39, 0.29) is 12.1 Å². The number of aromatic nitrogens is 2. The van der Waals surface area contributed by atoms with Crippen LogP contribution in [0.4, 0.5) is 0 Å². The first-order valence-electron chi connectivity index (χ1n) is 19.6. The number of fused-ring (bicyclic) bond motifs is 6. The number of nitrogens with zero attached hydrogens (tertiary/aromatic N) is 2. The molecule has 10 rings (SSSR count). The van der Waals surface area contributed by atoms with Gasteiger partial charge < -0.3 is 20.6 Å². The van der Waals surface area contributed by atoms with Crippen molar-refractivity contribution in [2.75, 3.05) is 6.67 Å². The van der Waals surface area contributed by atoms with Gasteiger partial charge >= 0.3 is 0 Å². The summed E-state index contributed by atoms with van der Waals surface area (Å²) in [6.07, 6.45) is 0. The highest BCUT2D eigenvalue weighted by Gasteiger charge is 2.24. The lowest BCUT2D eigenvalue weighted by Crippen LogP contribution is -2.51. The third kappa shape index (κ3) is 6.16. The highest BCUT2D eigenvalue weighted by atomic mass is 28.3. The fourth-order valence-corrected chi connectivity index (χ4v) is 11.3. The van der Waals surface area contributed by atoms with Crippen molar-refractivity contribution in [3.8, 4) is 11.4 Å². The van der Waals surface area contributed by atoms with Gasteiger partial charge in [0.25, 0.3) is 0 Å². The van der Waals surface area contributed by atoms with E-state index in [1.165, 1.54) is 53.7 Å². The summed E-state index contributed by atoms with van der Waals surface area (Å²) in [5, 5.41) is 12.5. The average Bonchev–Trinajstić information content (AvgIpc) is 3.79. The summed E-state index contributed by atoms with van der Waals surface area (Å²) < 4.78 is 4.75. The smallest absolute Gasteiger partial charge is 0.154 e. The lowest BCUT2D eigenvalue weighted by atomic mass is 9.94. The van der Waals surface area contributed by atoms with Crippen LogP contribution in [-0.2, 0) is 0 Å². The molecule has 2 aromatic heterocycles. The van der Waals surface area contributed by atoms with Gasteiger partial charge in [-0.2, -0.15) is 0 Å². The predicted molar refractivity (Wildman–Crippen MR) is 241 cm³/mol. The molecule has 1 unspecified atom stereocenters. The minimum absolute atomic E-state index is 0.161. The van der Waals surface area contributed by atoms with E-state index in [9.17, 15) is 0 Å². The van der Waals surface area contributed by atoms with E-state index in [1.807, 2.05) is 0 Å². The minimum Gasteiger partial charge on any atom is -0.322 e. The normalized spacial score (nSPS) is 12.9. The average molecular weight is 753 g/mol. The number of nitrogens with two attached hydrogens (primary N) is 2. The van der Waals surface area contributed by atoms with Gasteiger partial charge in [-0.15, -0.1) is 0 Å². The second-order valence-corrected chi connectivity index (χ2v) is 17.1. The number of hydrogen-bond donors (Lipinski definition) is 3. The molecule has 8 aromatic carbocycles. The molecule has 6 heteroatoms. The topological polar surface area (TPSA) is 73.9 Å². The first-order valence-corrected chi connectivity index (χ1v) is 21.1. The van der Waals surface area contributed by atoms with Crippen molar-refractivity contribution in [3.05, 3.63) is 211 Å². The number of para-hydroxylation sites is 3. The summed E-state index contributed by atoms with van der Waals surface area (Å²) in [5.74, 6) is 0. The van der Waals surface area contributed by atoms with Gasteiger partial charge in [-0.25, -0.2) is 0 Å². The minimum atomic E-state index is -1.17. The molecule has 10 aromatic rings. The molecule has 5 nitrogen and oxygen atoms in total. The Hall–Kier alpha value is -6.54. The zero-order valence-corrected chi connectivity index (χ0v) is 32.5. The summed E-state index contributed by atoms with van der Waals surface area (Å²) in [4.78, 5) is 0. The van der Waals surface area contributed by atoms with Crippen LogP contribution in [0.5, 0.6) is 0 Å². The van der Waals surface area contributed by atoms with Crippen LogP contribution in [0.1, 0.15) is 23.2 Å². The van der Waals surface area contributed by atoms with Crippen LogP contribution in [0.2, 0.25) is 0 Å². The molecule has 0 amide bonds. The summed E-state index contributed by atoms with van der Waals surface area (Å²) in [6, 6.07) is 71.8. The Labute approximate surface area is 334 Å². The van der Waals surface area contributed by atoms with Gasteiger partial charge in [0.15, 0.2) is 8.80 Å². The van der Waals surface area contributed by atoms with Crippen molar-refractivity contribution in [1.82, 2.24) is 14.5 Å². The summed E-state index contributed by atoms with van der Waals surface area (Å²) in [7, 11) is -1.17. The summed E-state index contributed by atoms with van der Waals surface area (Å²) in [5.41, 5.74) is 22.4. The Balaban J connectivity index is 0.985. The van der Waals surface area contributed by atoms with Crippen LogP contribution in [0.3, 0.4) is 0 Å². The second kappa shape index (κ2) is 14.8. The molecule has 0 saturated carbocycles. The number of benzene rings is 8. The summed E-state index contributed by atoms with van der Waals surface area (Å²) in [6.45, 7) is 0.319. The van der Waals surface area contributed by atoms with Crippen molar-refractivity contribution in [3.63, 3.8) is 0 Å². The van der Waals surface area contributed by atoms with E-state index in [2.05, 4.69) is 215 Å². The van der Waals surface area contributed by atoms with Gasteiger partial charge in [0.1, 0.15) is 0 Å². The molecule has 275 valence electrons. The van der Waals surface area contributed by atoms with E-state index < -0.39 is 8.80 Å². The molecule has 1 radical (unpaired) electrons. The number of rotatable bonds is 10. The Bertz CT molecular complexity index is 2900. The van der Waals surface area contributed by atoms with Gasteiger partial charge in [0, 0.05) is 45.6 Å². The fraction of sp³-hybridized carbons (Fsp3) is 0.0588. The fourth-order valence-electron chi connectivity index (χ4n) is 8.76. The molecule has 57 heavy (non-hydrogen) atoms. The molecule has 0 bridgehead atoms. The van der Waals surface area contributed by atoms with Crippen molar-refractivity contribution < 1.29 is 0 Å².